The van der Waals surface area contributed by atoms with Crippen molar-refractivity contribution in [3.05, 3.63) is 54.3 Å². The molecule has 0 heterocycles. The molecule has 0 unspecified atom stereocenters. The van der Waals surface area contributed by atoms with E-state index in [-0.39, 0.29) is 18.9 Å². The quantitative estimate of drug-likeness (QED) is 0.764. The Bertz CT molecular complexity index is 854. The Hall–Kier alpha value is -2.61. The third-order valence-corrected chi connectivity index (χ3v) is 4.86. The van der Waals surface area contributed by atoms with Gasteiger partial charge < -0.3 is 10.1 Å². The highest BCUT2D eigenvalue weighted by atomic mass is 32.2. The lowest BCUT2D eigenvalue weighted by Crippen LogP contribution is -2.31. The number of amides is 1. The van der Waals surface area contributed by atoms with Crippen LogP contribution in [0.2, 0.25) is 0 Å². The predicted octanol–water partition coefficient (Wildman–Crippen LogP) is 3.02. The van der Waals surface area contributed by atoms with Gasteiger partial charge in [-0.15, -0.1) is 0 Å². The first-order valence-corrected chi connectivity index (χ1v) is 9.82. The van der Waals surface area contributed by atoms with Gasteiger partial charge in [-0.3, -0.25) is 9.10 Å². The summed E-state index contributed by atoms with van der Waals surface area (Å²) in [5.74, 6) is -0.148. The molecule has 1 N–H and O–H groups in total. The van der Waals surface area contributed by atoms with Crippen molar-refractivity contribution in [2.75, 3.05) is 29.5 Å². The van der Waals surface area contributed by atoms with Crippen molar-refractivity contribution in [1.82, 2.24) is 0 Å². The molecule has 0 aliphatic heterocycles. The fourth-order valence-corrected chi connectivity index (χ4v) is 3.40. The molecule has 0 saturated carbocycles. The van der Waals surface area contributed by atoms with Gasteiger partial charge in [0.15, 0.2) is 0 Å². The lowest BCUT2D eigenvalue weighted by molar-refractivity contribution is -0.116. The van der Waals surface area contributed by atoms with E-state index in [9.17, 15) is 17.6 Å². The van der Waals surface area contributed by atoms with Crippen molar-refractivity contribution >= 4 is 27.3 Å². The molecule has 140 valence electrons. The van der Waals surface area contributed by atoms with Crippen LogP contribution < -0.4 is 14.4 Å². The molecule has 0 bridgehead atoms. The molecule has 0 atom stereocenters. The van der Waals surface area contributed by atoms with Gasteiger partial charge >= 0.3 is 0 Å². The smallest absolute Gasteiger partial charge is 0.232 e. The third kappa shape index (κ3) is 5.45. The molecule has 8 heteroatoms. The van der Waals surface area contributed by atoms with Crippen molar-refractivity contribution in [2.24, 2.45) is 0 Å². The Kier molecular flexibility index (Phi) is 6.57. The number of halogens is 1. The highest BCUT2D eigenvalue weighted by Crippen LogP contribution is 2.23. The standard InChI is InChI=1S/C18H21FN2O4S/c1-25-17-7-4-3-6-16(17)20-18(22)8-5-13-21(26(2,23)24)15-11-9-14(19)10-12-15/h3-4,6-7,9-12H,5,8,13H2,1-2H3,(H,20,22). The van der Waals surface area contributed by atoms with Crippen molar-refractivity contribution in [3.8, 4) is 5.75 Å². The predicted molar refractivity (Wildman–Crippen MR) is 99.4 cm³/mol. The Morgan fingerprint density at radius 2 is 1.81 bits per heavy atom. The zero-order chi connectivity index (χ0) is 19.2. The van der Waals surface area contributed by atoms with Gasteiger partial charge in [-0.1, -0.05) is 12.1 Å². The summed E-state index contributed by atoms with van der Waals surface area (Å²) in [6.45, 7) is 0.115. The van der Waals surface area contributed by atoms with E-state index in [1.165, 1.54) is 31.4 Å². The minimum absolute atomic E-state index is 0.115. The van der Waals surface area contributed by atoms with Crippen molar-refractivity contribution in [2.45, 2.75) is 12.8 Å². The number of nitrogens with one attached hydrogen (secondary N) is 1. The van der Waals surface area contributed by atoms with Crippen LogP contribution in [0.3, 0.4) is 0 Å². The molecule has 0 aliphatic rings. The minimum atomic E-state index is -3.54. The normalized spacial score (nSPS) is 11.0. The fourth-order valence-electron chi connectivity index (χ4n) is 2.44. The molecule has 26 heavy (non-hydrogen) atoms. The highest BCUT2D eigenvalue weighted by Gasteiger charge is 2.18. The summed E-state index contributed by atoms with van der Waals surface area (Å²) in [5.41, 5.74) is 0.914. The fraction of sp³-hybridized carbons (Fsp3) is 0.278. The van der Waals surface area contributed by atoms with E-state index in [1.54, 1.807) is 24.3 Å². The van der Waals surface area contributed by atoms with Gasteiger partial charge in [0, 0.05) is 13.0 Å². The molecule has 2 rings (SSSR count). The van der Waals surface area contributed by atoms with Crippen LogP contribution in [0.5, 0.6) is 5.75 Å². The average molecular weight is 380 g/mol. The first-order chi connectivity index (χ1) is 12.3. The molecule has 0 aliphatic carbocycles. The number of nitrogens with zero attached hydrogens (tertiary/aromatic N) is 1. The van der Waals surface area contributed by atoms with E-state index in [0.29, 0.717) is 23.5 Å². The zero-order valence-corrected chi connectivity index (χ0v) is 15.4. The van der Waals surface area contributed by atoms with Crippen molar-refractivity contribution in [3.63, 3.8) is 0 Å². The second kappa shape index (κ2) is 8.66. The first-order valence-electron chi connectivity index (χ1n) is 7.97. The number of ether oxygens (including phenoxy) is 1. The van der Waals surface area contributed by atoms with Crippen LogP contribution in [0.1, 0.15) is 12.8 Å². The molecule has 0 fully saturated rings. The highest BCUT2D eigenvalue weighted by molar-refractivity contribution is 7.92. The van der Waals surface area contributed by atoms with E-state index >= 15 is 0 Å². The molecule has 2 aromatic rings. The number of para-hydroxylation sites is 2. The number of methoxy groups -OCH3 is 1. The second-order valence-electron chi connectivity index (χ2n) is 5.66. The van der Waals surface area contributed by atoms with Gasteiger partial charge in [0.05, 0.1) is 24.7 Å². The van der Waals surface area contributed by atoms with E-state index in [4.69, 9.17) is 4.74 Å². The summed E-state index contributed by atoms with van der Waals surface area (Å²) in [6.07, 6.45) is 1.52. The lowest BCUT2D eigenvalue weighted by Gasteiger charge is -2.22. The maximum absolute atomic E-state index is 13.0. The first kappa shape index (κ1) is 19.7. The number of anilines is 2. The Morgan fingerprint density at radius 1 is 1.15 bits per heavy atom. The largest absolute Gasteiger partial charge is 0.495 e. The number of hydrogen-bond donors (Lipinski definition) is 1. The summed E-state index contributed by atoms with van der Waals surface area (Å²) in [4.78, 5) is 12.1. The van der Waals surface area contributed by atoms with Crippen LogP contribution in [0.15, 0.2) is 48.5 Å². The van der Waals surface area contributed by atoms with E-state index in [2.05, 4.69) is 5.32 Å². The number of rotatable bonds is 8. The summed E-state index contributed by atoms with van der Waals surface area (Å²) >= 11 is 0. The number of hydrogen-bond acceptors (Lipinski definition) is 4. The maximum Gasteiger partial charge on any atom is 0.232 e. The number of sulfonamides is 1. The Labute approximate surface area is 152 Å². The zero-order valence-electron chi connectivity index (χ0n) is 14.6. The van der Waals surface area contributed by atoms with Crippen LogP contribution in [-0.2, 0) is 14.8 Å². The lowest BCUT2D eigenvalue weighted by atomic mass is 10.2. The van der Waals surface area contributed by atoms with Crippen LogP contribution in [0.25, 0.3) is 0 Å². The van der Waals surface area contributed by atoms with Crippen LogP contribution >= 0.6 is 0 Å². The van der Waals surface area contributed by atoms with Gasteiger partial charge in [-0.25, -0.2) is 12.8 Å². The topological polar surface area (TPSA) is 75.7 Å². The van der Waals surface area contributed by atoms with Crippen LogP contribution in [0, 0.1) is 5.82 Å². The minimum Gasteiger partial charge on any atom is -0.495 e. The van der Waals surface area contributed by atoms with Gasteiger partial charge in [0.2, 0.25) is 15.9 Å². The summed E-state index contributed by atoms with van der Waals surface area (Å²) < 4.78 is 43.3. The molecule has 6 nitrogen and oxygen atoms in total. The molecule has 2 aromatic carbocycles. The summed E-state index contributed by atoms with van der Waals surface area (Å²) in [7, 11) is -2.03. The Morgan fingerprint density at radius 3 is 2.42 bits per heavy atom. The van der Waals surface area contributed by atoms with Gasteiger partial charge in [0.1, 0.15) is 11.6 Å². The molecular formula is C18H21FN2O4S. The molecule has 0 spiro atoms. The third-order valence-electron chi connectivity index (χ3n) is 3.66. The number of carbonyl (C=O) groups is 1. The Balaban J connectivity index is 1.97. The SMILES string of the molecule is COc1ccccc1NC(=O)CCCN(c1ccc(F)cc1)S(C)(=O)=O. The molecule has 0 aromatic heterocycles. The average Bonchev–Trinajstić information content (AvgIpc) is 2.59. The van der Waals surface area contributed by atoms with Crippen molar-refractivity contribution in [1.29, 1.82) is 0 Å². The van der Waals surface area contributed by atoms with Gasteiger partial charge in [0.25, 0.3) is 0 Å². The monoisotopic (exact) mass is 380 g/mol. The summed E-state index contributed by atoms with van der Waals surface area (Å²) in [5, 5.41) is 2.74. The second-order valence-corrected chi connectivity index (χ2v) is 7.57. The van der Waals surface area contributed by atoms with E-state index in [0.717, 1.165) is 10.6 Å². The molecule has 1 amide bonds. The number of benzene rings is 2. The molecule has 0 saturated heterocycles. The number of carbonyl (C=O) groups excluding carboxylic acids is 1. The van der Waals surface area contributed by atoms with E-state index < -0.39 is 15.8 Å². The van der Waals surface area contributed by atoms with Gasteiger partial charge in [-0.05, 0) is 42.8 Å². The summed E-state index contributed by atoms with van der Waals surface area (Å²) in [6, 6.07) is 12.2. The molecular weight excluding hydrogens is 359 g/mol. The van der Waals surface area contributed by atoms with Crippen molar-refractivity contribution < 1.29 is 22.3 Å². The van der Waals surface area contributed by atoms with Crippen LogP contribution in [0.4, 0.5) is 15.8 Å². The molecule has 0 radical (unpaired) electrons. The van der Waals surface area contributed by atoms with Gasteiger partial charge in [-0.2, -0.15) is 0 Å². The van der Waals surface area contributed by atoms with Crippen LogP contribution in [-0.4, -0.2) is 34.2 Å². The van der Waals surface area contributed by atoms with E-state index in [1.807, 2.05) is 0 Å². The maximum atomic E-state index is 13.0.